The second kappa shape index (κ2) is 8.48. The molecule has 0 radical (unpaired) electrons. The van der Waals surface area contributed by atoms with E-state index in [2.05, 4.69) is 12.2 Å². The van der Waals surface area contributed by atoms with Crippen LogP contribution in [0, 0.1) is 0 Å². The summed E-state index contributed by atoms with van der Waals surface area (Å²) >= 11 is 0. The summed E-state index contributed by atoms with van der Waals surface area (Å²) in [4.78, 5) is 0. The van der Waals surface area contributed by atoms with Crippen molar-refractivity contribution in [3.05, 3.63) is 0 Å². The van der Waals surface area contributed by atoms with E-state index in [0.29, 0.717) is 13.2 Å². The van der Waals surface area contributed by atoms with E-state index in [0.717, 1.165) is 19.3 Å². The average Bonchev–Trinajstić information content (AvgIpc) is 2.12. The maximum absolute atomic E-state index is 9.48. The SMILES string of the molecule is CCCCC(O)CNC(C)OCC. The van der Waals surface area contributed by atoms with Crippen LogP contribution >= 0.6 is 0 Å². The molecular weight excluding hydrogens is 166 g/mol. The van der Waals surface area contributed by atoms with Crippen molar-refractivity contribution in [2.45, 2.75) is 52.4 Å². The van der Waals surface area contributed by atoms with Crippen LogP contribution in [0.2, 0.25) is 0 Å². The molecule has 0 amide bonds. The molecule has 0 saturated heterocycles. The van der Waals surface area contributed by atoms with Crippen LogP contribution in [0.4, 0.5) is 0 Å². The van der Waals surface area contributed by atoms with Gasteiger partial charge in [0, 0.05) is 13.2 Å². The number of ether oxygens (including phenoxy) is 1. The summed E-state index contributed by atoms with van der Waals surface area (Å²) in [5.74, 6) is 0. The van der Waals surface area contributed by atoms with Gasteiger partial charge >= 0.3 is 0 Å². The molecule has 0 spiro atoms. The summed E-state index contributed by atoms with van der Waals surface area (Å²) in [6.45, 7) is 7.38. The standard InChI is InChI=1S/C10H23NO2/c1-4-6-7-10(12)8-11-9(3)13-5-2/h9-12H,4-8H2,1-3H3. The largest absolute Gasteiger partial charge is 0.392 e. The maximum atomic E-state index is 9.48. The van der Waals surface area contributed by atoms with Crippen molar-refractivity contribution in [1.29, 1.82) is 0 Å². The van der Waals surface area contributed by atoms with E-state index in [-0.39, 0.29) is 12.3 Å². The second-order valence-electron chi connectivity index (χ2n) is 3.30. The van der Waals surface area contributed by atoms with Crippen molar-refractivity contribution in [2.75, 3.05) is 13.2 Å². The first-order valence-electron chi connectivity index (χ1n) is 5.23. The molecular formula is C10H23NO2. The Morgan fingerprint density at radius 2 is 2.08 bits per heavy atom. The highest BCUT2D eigenvalue weighted by molar-refractivity contribution is 4.59. The van der Waals surface area contributed by atoms with Gasteiger partial charge in [-0.25, -0.2) is 0 Å². The van der Waals surface area contributed by atoms with Crippen molar-refractivity contribution < 1.29 is 9.84 Å². The van der Waals surface area contributed by atoms with Crippen LogP contribution in [0.3, 0.4) is 0 Å². The Morgan fingerprint density at radius 3 is 2.62 bits per heavy atom. The molecule has 0 fully saturated rings. The van der Waals surface area contributed by atoms with Gasteiger partial charge in [0.2, 0.25) is 0 Å². The maximum Gasteiger partial charge on any atom is 0.105 e. The molecule has 0 aromatic carbocycles. The summed E-state index contributed by atoms with van der Waals surface area (Å²) in [5.41, 5.74) is 0. The summed E-state index contributed by atoms with van der Waals surface area (Å²) in [6.07, 6.45) is 2.91. The fraction of sp³-hybridized carbons (Fsp3) is 1.00. The molecule has 3 nitrogen and oxygen atoms in total. The average molecular weight is 189 g/mol. The molecule has 13 heavy (non-hydrogen) atoms. The zero-order valence-electron chi connectivity index (χ0n) is 9.05. The molecule has 2 atom stereocenters. The van der Waals surface area contributed by atoms with Crippen LogP contribution in [0.1, 0.15) is 40.0 Å². The highest BCUT2D eigenvalue weighted by atomic mass is 16.5. The van der Waals surface area contributed by atoms with Gasteiger partial charge in [0.25, 0.3) is 0 Å². The number of aliphatic hydroxyl groups excluding tert-OH is 1. The topological polar surface area (TPSA) is 41.5 Å². The highest BCUT2D eigenvalue weighted by Crippen LogP contribution is 1.99. The number of unbranched alkanes of at least 4 members (excludes halogenated alkanes) is 1. The number of aliphatic hydroxyl groups is 1. The summed E-state index contributed by atoms with van der Waals surface area (Å²) < 4.78 is 5.27. The predicted octanol–water partition coefficient (Wildman–Crippen LogP) is 1.51. The van der Waals surface area contributed by atoms with Crippen molar-refractivity contribution in [2.24, 2.45) is 0 Å². The lowest BCUT2D eigenvalue weighted by molar-refractivity contribution is 0.0386. The lowest BCUT2D eigenvalue weighted by Gasteiger charge is -2.16. The van der Waals surface area contributed by atoms with E-state index < -0.39 is 0 Å². The first kappa shape index (κ1) is 12.9. The number of hydrogen-bond donors (Lipinski definition) is 2. The molecule has 3 heteroatoms. The Morgan fingerprint density at radius 1 is 1.38 bits per heavy atom. The van der Waals surface area contributed by atoms with Crippen molar-refractivity contribution in [3.63, 3.8) is 0 Å². The quantitative estimate of drug-likeness (QED) is 0.569. The molecule has 0 aliphatic carbocycles. The van der Waals surface area contributed by atoms with Gasteiger partial charge in [-0.05, 0) is 20.3 Å². The van der Waals surface area contributed by atoms with Crippen LogP contribution in [-0.2, 0) is 4.74 Å². The normalized spacial score (nSPS) is 15.7. The first-order chi connectivity index (χ1) is 6.20. The van der Waals surface area contributed by atoms with E-state index in [1.165, 1.54) is 0 Å². The fourth-order valence-corrected chi connectivity index (χ4v) is 1.15. The highest BCUT2D eigenvalue weighted by Gasteiger charge is 2.05. The van der Waals surface area contributed by atoms with Gasteiger partial charge in [-0.1, -0.05) is 19.8 Å². The number of rotatable bonds is 8. The predicted molar refractivity (Wildman–Crippen MR) is 54.6 cm³/mol. The lowest BCUT2D eigenvalue weighted by Crippen LogP contribution is -2.35. The van der Waals surface area contributed by atoms with E-state index in [9.17, 15) is 5.11 Å². The molecule has 0 heterocycles. The minimum atomic E-state index is -0.233. The van der Waals surface area contributed by atoms with Gasteiger partial charge in [-0.15, -0.1) is 0 Å². The molecule has 0 aromatic heterocycles. The number of nitrogens with one attached hydrogen (secondary N) is 1. The lowest BCUT2D eigenvalue weighted by atomic mass is 10.1. The summed E-state index contributed by atoms with van der Waals surface area (Å²) in [7, 11) is 0. The number of hydrogen-bond acceptors (Lipinski definition) is 3. The zero-order valence-corrected chi connectivity index (χ0v) is 9.05. The summed E-state index contributed by atoms with van der Waals surface area (Å²) in [5, 5.41) is 12.6. The third kappa shape index (κ3) is 8.22. The van der Waals surface area contributed by atoms with Gasteiger partial charge in [0.1, 0.15) is 6.23 Å². The van der Waals surface area contributed by atoms with Crippen LogP contribution in [0.15, 0.2) is 0 Å². The van der Waals surface area contributed by atoms with Crippen molar-refractivity contribution >= 4 is 0 Å². The van der Waals surface area contributed by atoms with E-state index in [1.807, 2.05) is 13.8 Å². The second-order valence-corrected chi connectivity index (χ2v) is 3.30. The minimum absolute atomic E-state index is 0.0428. The smallest absolute Gasteiger partial charge is 0.105 e. The zero-order chi connectivity index (χ0) is 10.1. The van der Waals surface area contributed by atoms with Crippen molar-refractivity contribution in [3.8, 4) is 0 Å². The van der Waals surface area contributed by atoms with Crippen LogP contribution in [0.5, 0.6) is 0 Å². The van der Waals surface area contributed by atoms with Gasteiger partial charge < -0.3 is 9.84 Å². The molecule has 2 unspecified atom stereocenters. The summed E-state index contributed by atoms with van der Waals surface area (Å²) in [6, 6.07) is 0. The Bertz CT molecular complexity index is 109. The van der Waals surface area contributed by atoms with E-state index in [1.54, 1.807) is 0 Å². The monoisotopic (exact) mass is 189 g/mol. The molecule has 0 aliphatic rings. The van der Waals surface area contributed by atoms with Crippen molar-refractivity contribution in [1.82, 2.24) is 5.32 Å². The van der Waals surface area contributed by atoms with Crippen LogP contribution < -0.4 is 5.32 Å². The third-order valence-electron chi connectivity index (χ3n) is 1.95. The third-order valence-corrected chi connectivity index (χ3v) is 1.95. The Kier molecular flexibility index (Phi) is 8.40. The Hall–Kier alpha value is -0.120. The molecule has 80 valence electrons. The first-order valence-corrected chi connectivity index (χ1v) is 5.23. The van der Waals surface area contributed by atoms with Crippen LogP contribution in [0.25, 0.3) is 0 Å². The van der Waals surface area contributed by atoms with Gasteiger partial charge in [0.15, 0.2) is 0 Å². The molecule has 0 bridgehead atoms. The van der Waals surface area contributed by atoms with Gasteiger partial charge in [-0.2, -0.15) is 0 Å². The van der Waals surface area contributed by atoms with Gasteiger partial charge in [0.05, 0.1) is 6.10 Å². The Balaban J connectivity index is 3.29. The molecule has 0 aromatic rings. The molecule has 0 aliphatic heterocycles. The molecule has 0 saturated carbocycles. The van der Waals surface area contributed by atoms with E-state index >= 15 is 0 Å². The minimum Gasteiger partial charge on any atom is -0.392 e. The fourth-order valence-electron chi connectivity index (χ4n) is 1.15. The molecule has 0 rings (SSSR count). The molecule has 2 N–H and O–H groups in total. The Labute approximate surface area is 81.5 Å². The van der Waals surface area contributed by atoms with Gasteiger partial charge in [-0.3, -0.25) is 5.32 Å². The van der Waals surface area contributed by atoms with E-state index in [4.69, 9.17) is 4.74 Å². The van der Waals surface area contributed by atoms with Crippen LogP contribution in [-0.4, -0.2) is 30.6 Å².